The first-order valence-corrected chi connectivity index (χ1v) is 8.11. The van der Waals surface area contributed by atoms with Crippen LogP contribution >= 0.6 is 0 Å². The van der Waals surface area contributed by atoms with Gasteiger partial charge in [0.05, 0.1) is 12.2 Å². The van der Waals surface area contributed by atoms with Gasteiger partial charge in [0.2, 0.25) is 0 Å². The predicted octanol–water partition coefficient (Wildman–Crippen LogP) is 2.97. The van der Waals surface area contributed by atoms with Crippen molar-refractivity contribution < 1.29 is 4.79 Å². The highest BCUT2D eigenvalue weighted by atomic mass is 16.1. The number of rotatable bonds is 5. The van der Waals surface area contributed by atoms with E-state index in [1.54, 1.807) is 36.8 Å². The molecule has 26 heavy (non-hydrogen) atoms. The molecule has 3 aromatic heterocycles. The van der Waals surface area contributed by atoms with E-state index in [9.17, 15) is 4.79 Å². The Morgan fingerprint density at radius 3 is 2.62 bits per heavy atom. The van der Waals surface area contributed by atoms with Gasteiger partial charge in [0, 0.05) is 42.0 Å². The first-order chi connectivity index (χ1) is 12.8. The Balaban J connectivity index is 1.42. The van der Waals surface area contributed by atoms with E-state index in [4.69, 9.17) is 0 Å². The van der Waals surface area contributed by atoms with Gasteiger partial charge >= 0.3 is 0 Å². The number of aromatic amines is 1. The average Bonchev–Trinajstić information content (AvgIpc) is 3.35. The van der Waals surface area contributed by atoms with Crippen LogP contribution in [-0.4, -0.2) is 30.9 Å². The van der Waals surface area contributed by atoms with E-state index in [1.807, 2.05) is 41.2 Å². The minimum Gasteiger partial charge on any atom is -0.305 e. The number of hydrogen-bond acceptors (Lipinski definition) is 4. The molecule has 2 N–H and O–H groups in total. The number of carbonyl (C=O) groups excluding carboxylic acids is 1. The number of pyridine rings is 1. The van der Waals surface area contributed by atoms with Crippen LogP contribution in [0.3, 0.4) is 0 Å². The lowest BCUT2D eigenvalue weighted by Gasteiger charge is -2.05. The molecule has 0 aliphatic heterocycles. The van der Waals surface area contributed by atoms with Crippen molar-refractivity contribution in [3.05, 3.63) is 84.4 Å². The number of amides is 1. The van der Waals surface area contributed by atoms with Crippen molar-refractivity contribution in [1.29, 1.82) is 0 Å². The topological polar surface area (TPSA) is 88.5 Å². The third-order valence-corrected chi connectivity index (χ3v) is 3.93. The van der Waals surface area contributed by atoms with Gasteiger partial charge in [0.15, 0.2) is 5.82 Å². The summed E-state index contributed by atoms with van der Waals surface area (Å²) in [6.45, 7) is 0.670. The predicted molar refractivity (Wildman–Crippen MR) is 97.5 cm³/mol. The lowest BCUT2D eigenvalue weighted by molar-refractivity contribution is 0.102. The van der Waals surface area contributed by atoms with Crippen LogP contribution in [0.1, 0.15) is 15.9 Å². The van der Waals surface area contributed by atoms with Crippen molar-refractivity contribution in [2.75, 3.05) is 5.32 Å². The molecule has 0 fully saturated rings. The van der Waals surface area contributed by atoms with Gasteiger partial charge in [0.25, 0.3) is 5.91 Å². The highest BCUT2D eigenvalue weighted by Crippen LogP contribution is 2.19. The van der Waals surface area contributed by atoms with Crippen LogP contribution in [0.5, 0.6) is 0 Å². The summed E-state index contributed by atoms with van der Waals surface area (Å²) < 4.78 is 1.83. The molecule has 128 valence electrons. The van der Waals surface area contributed by atoms with Gasteiger partial charge in [0.1, 0.15) is 0 Å². The number of nitrogens with zero attached hydrogens (tertiary/aromatic N) is 4. The minimum atomic E-state index is -0.205. The van der Waals surface area contributed by atoms with Crippen LogP contribution in [-0.2, 0) is 6.54 Å². The summed E-state index contributed by atoms with van der Waals surface area (Å²) in [5.41, 5.74) is 3.42. The molecule has 1 aromatic carbocycles. The third kappa shape index (κ3) is 3.51. The molecule has 0 radical (unpaired) electrons. The maximum Gasteiger partial charge on any atom is 0.256 e. The second-order valence-corrected chi connectivity index (χ2v) is 5.76. The third-order valence-electron chi connectivity index (χ3n) is 3.93. The van der Waals surface area contributed by atoms with Crippen LogP contribution in [0, 0.1) is 0 Å². The number of hydrogen-bond donors (Lipinski definition) is 2. The largest absolute Gasteiger partial charge is 0.305 e. The van der Waals surface area contributed by atoms with E-state index in [2.05, 4.69) is 25.6 Å². The SMILES string of the molecule is O=C(Nc1cc(-c2ccncc2)[nH]n1)c1ccc(Cn2cccn2)cc1. The molecule has 0 saturated carbocycles. The summed E-state index contributed by atoms with van der Waals surface area (Å²) in [5.74, 6) is 0.269. The summed E-state index contributed by atoms with van der Waals surface area (Å²) in [4.78, 5) is 16.4. The molecule has 7 nitrogen and oxygen atoms in total. The number of benzene rings is 1. The van der Waals surface area contributed by atoms with Crippen LogP contribution < -0.4 is 5.32 Å². The Kier molecular flexibility index (Phi) is 4.26. The first-order valence-electron chi connectivity index (χ1n) is 8.11. The monoisotopic (exact) mass is 344 g/mol. The molecule has 3 heterocycles. The highest BCUT2D eigenvalue weighted by molar-refractivity contribution is 6.03. The molecule has 0 atom stereocenters. The molecule has 0 spiro atoms. The molecule has 0 saturated heterocycles. The van der Waals surface area contributed by atoms with E-state index in [1.165, 1.54) is 0 Å². The Morgan fingerprint density at radius 1 is 1.08 bits per heavy atom. The van der Waals surface area contributed by atoms with Gasteiger partial charge < -0.3 is 5.32 Å². The zero-order valence-electron chi connectivity index (χ0n) is 13.8. The summed E-state index contributed by atoms with van der Waals surface area (Å²) >= 11 is 0. The number of H-pyrrole nitrogens is 1. The number of nitrogens with one attached hydrogen (secondary N) is 2. The van der Waals surface area contributed by atoms with Crippen molar-refractivity contribution in [1.82, 2.24) is 25.0 Å². The van der Waals surface area contributed by atoms with Gasteiger partial charge in [-0.3, -0.25) is 19.6 Å². The minimum absolute atomic E-state index is 0.205. The van der Waals surface area contributed by atoms with Crippen molar-refractivity contribution >= 4 is 11.7 Å². The zero-order valence-corrected chi connectivity index (χ0v) is 13.8. The Morgan fingerprint density at radius 2 is 1.88 bits per heavy atom. The van der Waals surface area contributed by atoms with Crippen molar-refractivity contribution in [3.8, 4) is 11.3 Å². The van der Waals surface area contributed by atoms with Crippen molar-refractivity contribution in [2.24, 2.45) is 0 Å². The summed E-state index contributed by atoms with van der Waals surface area (Å²) in [7, 11) is 0. The quantitative estimate of drug-likeness (QED) is 0.582. The van der Waals surface area contributed by atoms with E-state index in [-0.39, 0.29) is 5.91 Å². The summed E-state index contributed by atoms with van der Waals surface area (Å²) in [5, 5.41) is 14.0. The van der Waals surface area contributed by atoms with Gasteiger partial charge in [-0.25, -0.2) is 0 Å². The number of aromatic nitrogens is 5. The number of carbonyl (C=O) groups is 1. The van der Waals surface area contributed by atoms with E-state index in [0.717, 1.165) is 16.8 Å². The zero-order chi connectivity index (χ0) is 17.8. The fourth-order valence-corrected chi connectivity index (χ4v) is 2.60. The highest BCUT2D eigenvalue weighted by Gasteiger charge is 2.09. The standard InChI is InChI=1S/C19H16N6O/c26-19(16-4-2-14(3-5-16)13-25-11-1-8-21-25)22-18-12-17(23-24-18)15-6-9-20-10-7-15/h1-12H,13H2,(H2,22,23,24,26). The normalized spacial score (nSPS) is 10.6. The summed E-state index contributed by atoms with van der Waals surface area (Å²) in [6, 6.07) is 14.8. The van der Waals surface area contributed by atoms with Crippen LogP contribution in [0.2, 0.25) is 0 Å². The smallest absolute Gasteiger partial charge is 0.256 e. The molecule has 7 heteroatoms. The molecule has 0 aliphatic rings. The van der Waals surface area contributed by atoms with Gasteiger partial charge in [-0.2, -0.15) is 10.2 Å². The van der Waals surface area contributed by atoms with Crippen LogP contribution in [0.4, 0.5) is 5.82 Å². The molecular weight excluding hydrogens is 328 g/mol. The average molecular weight is 344 g/mol. The van der Waals surface area contributed by atoms with E-state index < -0.39 is 0 Å². The molecule has 1 amide bonds. The van der Waals surface area contributed by atoms with Gasteiger partial charge in [-0.15, -0.1) is 0 Å². The molecule has 0 bridgehead atoms. The van der Waals surface area contributed by atoms with Crippen molar-refractivity contribution in [2.45, 2.75) is 6.54 Å². The fraction of sp³-hybridized carbons (Fsp3) is 0.0526. The lowest BCUT2D eigenvalue weighted by atomic mass is 10.1. The molecule has 4 rings (SSSR count). The lowest BCUT2D eigenvalue weighted by Crippen LogP contribution is -2.12. The summed E-state index contributed by atoms with van der Waals surface area (Å²) in [6.07, 6.45) is 7.06. The van der Waals surface area contributed by atoms with Crippen LogP contribution in [0.25, 0.3) is 11.3 Å². The second-order valence-electron chi connectivity index (χ2n) is 5.76. The second kappa shape index (κ2) is 7.02. The van der Waals surface area contributed by atoms with Crippen LogP contribution in [0.15, 0.2) is 73.3 Å². The molecule has 4 aromatic rings. The maximum atomic E-state index is 12.4. The van der Waals surface area contributed by atoms with Gasteiger partial charge in [-0.1, -0.05) is 12.1 Å². The fourth-order valence-electron chi connectivity index (χ4n) is 2.60. The maximum absolute atomic E-state index is 12.4. The molecule has 0 unspecified atom stereocenters. The Labute approximate surface area is 149 Å². The van der Waals surface area contributed by atoms with Crippen molar-refractivity contribution in [3.63, 3.8) is 0 Å². The first kappa shape index (κ1) is 15.8. The Bertz CT molecular complexity index is 990. The number of anilines is 1. The van der Waals surface area contributed by atoms with E-state index >= 15 is 0 Å². The molecular formula is C19H16N6O. The molecule has 0 aliphatic carbocycles. The Hall–Kier alpha value is -3.74. The van der Waals surface area contributed by atoms with E-state index in [0.29, 0.717) is 17.9 Å². The van der Waals surface area contributed by atoms with Gasteiger partial charge in [-0.05, 0) is 35.9 Å².